The number of carbonyl (C=O) groups excluding carboxylic acids is 1. The number of rotatable bonds is 5. The molecule has 3 heteroatoms. The Kier molecular flexibility index (Phi) is 4.84. The van der Waals surface area contributed by atoms with Gasteiger partial charge in [-0.15, -0.1) is 0 Å². The number of hydrogen-bond acceptors (Lipinski definition) is 1. The Balaban J connectivity index is 2.23. The van der Waals surface area contributed by atoms with Crippen molar-refractivity contribution in [1.82, 2.24) is 0 Å². The van der Waals surface area contributed by atoms with Gasteiger partial charge < -0.3 is 4.79 Å². The minimum Gasteiger partial charge on any atom is -0.303 e. The van der Waals surface area contributed by atoms with E-state index in [2.05, 4.69) is 63.2 Å². The van der Waals surface area contributed by atoms with Gasteiger partial charge in [-0.25, -0.2) is 10.9 Å². The number of benzene rings is 1. The molecule has 0 saturated heterocycles. The standard InChI is InChI=1S/C15H17BrOS/c1-12(11-17)10-15(18-8-2-3-9-18)13-4-6-14(16)7-5-13/h2-9,11-12,15,18H,10H2,1H3. The molecule has 2 rings (SSSR count). The topological polar surface area (TPSA) is 17.1 Å². The largest absolute Gasteiger partial charge is 0.303 e. The molecule has 96 valence electrons. The quantitative estimate of drug-likeness (QED) is 0.610. The highest BCUT2D eigenvalue weighted by Crippen LogP contribution is 2.50. The van der Waals surface area contributed by atoms with Crippen LogP contribution in [0.15, 0.2) is 51.7 Å². The van der Waals surface area contributed by atoms with Gasteiger partial charge in [0.25, 0.3) is 0 Å². The maximum Gasteiger partial charge on any atom is 0.122 e. The predicted octanol–water partition coefficient (Wildman–Crippen LogP) is 4.76. The van der Waals surface area contributed by atoms with Gasteiger partial charge in [0.15, 0.2) is 0 Å². The van der Waals surface area contributed by atoms with E-state index in [-0.39, 0.29) is 16.8 Å². The Morgan fingerprint density at radius 1 is 1.22 bits per heavy atom. The average molecular weight is 325 g/mol. The van der Waals surface area contributed by atoms with Crippen molar-refractivity contribution in [2.24, 2.45) is 5.92 Å². The van der Waals surface area contributed by atoms with Crippen LogP contribution in [0.4, 0.5) is 0 Å². The van der Waals surface area contributed by atoms with Crippen LogP contribution in [0.1, 0.15) is 24.2 Å². The first kappa shape index (κ1) is 13.6. The molecule has 1 aliphatic heterocycles. The van der Waals surface area contributed by atoms with Crippen LogP contribution >= 0.6 is 26.8 Å². The molecule has 0 radical (unpaired) electrons. The molecule has 1 nitrogen and oxygen atoms in total. The molecular weight excluding hydrogens is 308 g/mol. The number of carbonyl (C=O) groups is 1. The molecule has 0 aliphatic carbocycles. The summed E-state index contributed by atoms with van der Waals surface area (Å²) in [6, 6.07) is 8.47. The summed E-state index contributed by atoms with van der Waals surface area (Å²) in [5, 5.41) is 5.00. The van der Waals surface area contributed by atoms with Crippen molar-refractivity contribution in [2.45, 2.75) is 18.6 Å². The molecule has 0 N–H and O–H groups in total. The van der Waals surface area contributed by atoms with Crippen LogP contribution in [0.2, 0.25) is 0 Å². The third kappa shape index (κ3) is 3.36. The van der Waals surface area contributed by atoms with Crippen LogP contribution in [0.25, 0.3) is 0 Å². The molecule has 0 bridgehead atoms. The van der Waals surface area contributed by atoms with E-state index in [4.69, 9.17) is 0 Å². The third-order valence-corrected chi connectivity index (χ3v) is 5.86. The monoisotopic (exact) mass is 324 g/mol. The Hall–Kier alpha value is -0.800. The lowest BCUT2D eigenvalue weighted by molar-refractivity contribution is -0.110. The smallest absolute Gasteiger partial charge is 0.122 e. The summed E-state index contributed by atoms with van der Waals surface area (Å²) in [5.41, 5.74) is 1.33. The van der Waals surface area contributed by atoms with Crippen LogP contribution in [0.3, 0.4) is 0 Å². The summed E-state index contributed by atoms with van der Waals surface area (Å²) >= 11 is 3.46. The molecule has 2 unspecified atom stereocenters. The fourth-order valence-electron chi connectivity index (χ4n) is 2.08. The highest BCUT2D eigenvalue weighted by Gasteiger charge is 2.20. The van der Waals surface area contributed by atoms with Gasteiger partial charge in [0, 0.05) is 15.6 Å². The summed E-state index contributed by atoms with van der Waals surface area (Å²) in [6.07, 6.45) is 6.21. The maximum absolute atomic E-state index is 10.9. The second-order valence-electron chi connectivity index (χ2n) is 4.55. The van der Waals surface area contributed by atoms with E-state index in [1.165, 1.54) is 5.56 Å². The number of allylic oxidation sites excluding steroid dienone is 2. The summed E-state index contributed by atoms with van der Waals surface area (Å²) in [4.78, 5) is 10.9. The minimum absolute atomic E-state index is 0.114. The zero-order chi connectivity index (χ0) is 13.0. The van der Waals surface area contributed by atoms with E-state index in [1.54, 1.807) is 0 Å². The number of aldehydes is 1. The molecule has 2 atom stereocenters. The van der Waals surface area contributed by atoms with Gasteiger partial charge in [-0.3, -0.25) is 0 Å². The zero-order valence-electron chi connectivity index (χ0n) is 10.3. The van der Waals surface area contributed by atoms with Gasteiger partial charge >= 0.3 is 0 Å². The van der Waals surface area contributed by atoms with Crippen LogP contribution < -0.4 is 0 Å². The molecule has 1 aliphatic rings. The van der Waals surface area contributed by atoms with Crippen molar-refractivity contribution in [3.8, 4) is 0 Å². The second kappa shape index (κ2) is 6.39. The molecule has 18 heavy (non-hydrogen) atoms. The molecule has 0 aromatic heterocycles. The summed E-state index contributed by atoms with van der Waals surface area (Å²) in [6.45, 7) is 2.00. The van der Waals surface area contributed by atoms with Crippen LogP contribution in [0.5, 0.6) is 0 Å². The second-order valence-corrected chi connectivity index (χ2v) is 7.58. The molecule has 1 aromatic rings. The molecule has 0 fully saturated rings. The normalized spacial score (nSPS) is 18.9. The molecule has 0 spiro atoms. The van der Waals surface area contributed by atoms with E-state index in [0.717, 1.165) is 17.2 Å². The number of halogens is 1. The lowest BCUT2D eigenvalue weighted by Gasteiger charge is -2.26. The minimum atomic E-state index is -0.268. The SMILES string of the molecule is CC(C=O)CC(c1ccc(Br)cc1)[SH]1C=CC=C1. The lowest BCUT2D eigenvalue weighted by Crippen LogP contribution is -2.05. The Morgan fingerprint density at radius 3 is 2.39 bits per heavy atom. The van der Waals surface area contributed by atoms with E-state index in [0.29, 0.717) is 5.25 Å². The maximum atomic E-state index is 10.9. The summed E-state index contributed by atoms with van der Waals surface area (Å²) in [5.74, 6) is 0.114. The summed E-state index contributed by atoms with van der Waals surface area (Å²) < 4.78 is 1.10. The Bertz CT molecular complexity index is 452. The zero-order valence-corrected chi connectivity index (χ0v) is 12.8. The fraction of sp³-hybridized carbons (Fsp3) is 0.267. The van der Waals surface area contributed by atoms with Gasteiger partial charge in [-0.1, -0.05) is 47.1 Å². The average Bonchev–Trinajstić information content (AvgIpc) is 2.90. The first-order valence-corrected chi connectivity index (χ1v) is 8.38. The molecular formula is C15H17BrOS. The van der Waals surface area contributed by atoms with Gasteiger partial charge in [0.2, 0.25) is 0 Å². The summed E-state index contributed by atoms with van der Waals surface area (Å²) in [7, 11) is -0.268. The van der Waals surface area contributed by atoms with Crippen molar-refractivity contribution in [3.63, 3.8) is 0 Å². The van der Waals surface area contributed by atoms with Crippen LogP contribution in [-0.4, -0.2) is 6.29 Å². The van der Waals surface area contributed by atoms with Crippen molar-refractivity contribution in [2.75, 3.05) is 0 Å². The van der Waals surface area contributed by atoms with E-state index < -0.39 is 0 Å². The fourth-order valence-corrected chi connectivity index (χ4v) is 4.55. The van der Waals surface area contributed by atoms with E-state index in [1.807, 2.05) is 6.92 Å². The van der Waals surface area contributed by atoms with Gasteiger partial charge in [0.05, 0.1) is 0 Å². The van der Waals surface area contributed by atoms with E-state index >= 15 is 0 Å². The third-order valence-electron chi connectivity index (χ3n) is 3.07. The molecule has 1 heterocycles. The predicted molar refractivity (Wildman–Crippen MR) is 84.0 cm³/mol. The van der Waals surface area contributed by atoms with Gasteiger partial charge in [-0.2, -0.15) is 0 Å². The van der Waals surface area contributed by atoms with Crippen molar-refractivity contribution in [1.29, 1.82) is 0 Å². The first-order chi connectivity index (χ1) is 8.70. The van der Waals surface area contributed by atoms with Crippen molar-refractivity contribution >= 4 is 33.1 Å². The molecule has 0 amide bonds. The van der Waals surface area contributed by atoms with Crippen LogP contribution in [-0.2, 0) is 4.79 Å². The number of hydrogen-bond donors (Lipinski definition) is 1. The molecule has 0 saturated carbocycles. The highest BCUT2D eigenvalue weighted by atomic mass is 79.9. The first-order valence-electron chi connectivity index (χ1n) is 6.04. The molecule has 1 aromatic carbocycles. The highest BCUT2D eigenvalue weighted by molar-refractivity contribution is 9.10. The Labute approximate surface area is 119 Å². The Morgan fingerprint density at radius 2 is 1.83 bits per heavy atom. The van der Waals surface area contributed by atoms with Crippen molar-refractivity contribution in [3.05, 3.63) is 57.3 Å². The lowest BCUT2D eigenvalue weighted by atomic mass is 10.0. The van der Waals surface area contributed by atoms with Crippen molar-refractivity contribution < 1.29 is 4.79 Å². The van der Waals surface area contributed by atoms with E-state index in [9.17, 15) is 4.79 Å². The van der Waals surface area contributed by atoms with Gasteiger partial charge in [-0.05, 0) is 34.9 Å². The van der Waals surface area contributed by atoms with Gasteiger partial charge in [0.1, 0.15) is 6.29 Å². The number of thiol groups is 1. The van der Waals surface area contributed by atoms with Crippen LogP contribution in [0, 0.1) is 5.92 Å².